The summed E-state index contributed by atoms with van der Waals surface area (Å²) >= 11 is 0. The molecule has 0 spiro atoms. The Kier molecular flexibility index (Phi) is 3.25. The summed E-state index contributed by atoms with van der Waals surface area (Å²) in [5, 5.41) is 9.42. The molecule has 0 aliphatic rings. The lowest BCUT2D eigenvalue weighted by atomic mass is 10.4. The summed E-state index contributed by atoms with van der Waals surface area (Å²) in [6.45, 7) is 2.48. The van der Waals surface area contributed by atoms with E-state index in [4.69, 9.17) is 4.74 Å². The molecule has 0 saturated heterocycles. The molecule has 0 aliphatic carbocycles. The van der Waals surface area contributed by atoms with E-state index < -0.39 is 5.97 Å². The van der Waals surface area contributed by atoms with Crippen molar-refractivity contribution in [2.45, 2.75) is 19.8 Å². The van der Waals surface area contributed by atoms with Gasteiger partial charge in [0.2, 0.25) is 0 Å². The Balaban J connectivity index is 2.30. The highest BCUT2D eigenvalue weighted by molar-refractivity contribution is 5.86. The molecule has 1 rings (SSSR count). The van der Waals surface area contributed by atoms with Crippen LogP contribution in [0.2, 0.25) is 0 Å². The minimum atomic E-state index is -0.419. The van der Waals surface area contributed by atoms with Gasteiger partial charge in [0.25, 0.3) is 0 Å². The van der Waals surface area contributed by atoms with E-state index >= 15 is 0 Å². The van der Waals surface area contributed by atoms with Gasteiger partial charge in [-0.3, -0.25) is 0 Å². The molecule has 0 unspecified atom stereocenters. The zero-order valence-electron chi connectivity index (χ0n) is 6.91. The molecule has 0 aromatic carbocycles. The van der Waals surface area contributed by atoms with Crippen LogP contribution in [0.1, 0.15) is 30.3 Å². The molecular weight excluding hydrogens is 158 g/mol. The predicted octanol–water partition coefficient (Wildman–Crippen LogP) is 0.762. The van der Waals surface area contributed by atoms with Crippen molar-refractivity contribution in [3.63, 3.8) is 0 Å². The summed E-state index contributed by atoms with van der Waals surface area (Å²) in [4.78, 5) is 11.0. The third-order valence-electron chi connectivity index (χ3n) is 1.36. The van der Waals surface area contributed by atoms with Crippen LogP contribution >= 0.6 is 0 Å². The van der Waals surface area contributed by atoms with Crippen molar-refractivity contribution in [1.82, 2.24) is 15.4 Å². The summed E-state index contributed by atoms with van der Waals surface area (Å²) < 4.78 is 4.87. The number of nitrogens with zero attached hydrogens (tertiary/aromatic N) is 2. The molecule has 1 heterocycles. The molecule has 0 radical (unpaired) electrons. The van der Waals surface area contributed by atoms with Crippen molar-refractivity contribution in [2.75, 3.05) is 6.61 Å². The monoisotopic (exact) mass is 169 g/mol. The molecule has 0 bridgehead atoms. The Hall–Kier alpha value is -1.39. The van der Waals surface area contributed by atoms with E-state index in [1.165, 1.54) is 6.20 Å². The average molecular weight is 169 g/mol. The van der Waals surface area contributed by atoms with Gasteiger partial charge in [0.05, 0.1) is 12.8 Å². The van der Waals surface area contributed by atoms with Crippen LogP contribution in [0.25, 0.3) is 0 Å². The van der Waals surface area contributed by atoms with E-state index in [0.717, 1.165) is 12.8 Å². The van der Waals surface area contributed by atoms with Crippen molar-refractivity contribution in [1.29, 1.82) is 0 Å². The minimum Gasteiger partial charge on any atom is -0.461 e. The molecule has 1 aromatic heterocycles. The third-order valence-corrected chi connectivity index (χ3v) is 1.36. The predicted molar refractivity (Wildman–Crippen MR) is 41.6 cm³/mol. The Morgan fingerprint density at radius 1 is 1.75 bits per heavy atom. The van der Waals surface area contributed by atoms with Gasteiger partial charge in [0.15, 0.2) is 5.69 Å². The maximum absolute atomic E-state index is 11.0. The standard InChI is InChI=1S/C7H11N3O2/c1-2-3-4-12-7(11)6-5-8-10-9-6/h5H,2-4H2,1H3,(H,8,9,10). The van der Waals surface area contributed by atoms with Gasteiger partial charge in [0, 0.05) is 0 Å². The molecule has 12 heavy (non-hydrogen) atoms. The average Bonchev–Trinajstić information content (AvgIpc) is 2.56. The molecule has 1 aromatic rings. The smallest absolute Gasteiger partial charge is 0.360 e. The number of nitrogens with one attached hydrogen (secondary N) is 1. The fraction of sp³-hybridized carbons (Fsp3) is 0.571. The minimum absolute atomic E-state index is 0.228. The molecule has 0 aliphatic heterocycles. The van der Waals surface area contributed by atoms with Crippen molar-refractivity contribution >= 4 is 5.97 Å². The lowest BCUT2D eigenvalue weighted by molar-refractivity contribution is 0.0493. The number of hydrogen-bond acceptors (Lipinski definition) is 4. The van der Waals surface area contributed by atoms with Crippen LogP contribution in [0.15, 0.2) is 6.20 Å². The molecule has 5 heteroatoms. The largest absolute Gasteiger partial charge is 0.461 e. The number of aromatic amines is 1. The van der Waals surface area contributed by atoms with Gasteiger partial charge in [-0.15, -0.1) is 5.10 Å². The Labute approximate surface area is 70.1 Å². The Morgan fingerprint density at radius 2 is 2.58 bits per heavy atom. The van der Waals surface area contributed by atoms with Gasteiger partial charge in [-0.2, -0.15) is 10.3 Å². The van der Waals surface area contributed by atoms with E-state index in [1.807, 2.05) is 6.92 Å². The van der Waals surface area contributed by atoms with Gasteiger partial charge in [0.1, 0.15) is 0 Å². The third kappa shape index (κ3) is 2.34. The van der Waals surface area contributed by atoms with Crippen LogP contribution in [0.5, 0.6) is 0 Å². The van der Waals surface area contributed by atoms with Gasteiger partial charge in [-0.1, -0.05) is 13.3 Å². The van der Waals surface area contributed by atoms with Crippen molar-refractivity contribution in [3.05, 3.63) is 11.9 Å². The van der Waals surface area contributed by atoms with Crippen LogP contribution < -0.4 is 0 Å². The first-order chi connectivity index (χ1) is 5.84. The fourth-order valence-corrected chi connectivity index (χ4v) is 0.683. The zero-order valence-corrected chi connectivity index (χ0v) is 6.91. The number of hydrogen-bond donors (Lipinski definition) is 1. The second-order valence-electron chi connectivity index (χ2n) is 2.34. The number of ether oxygens (including phenoxy) is 1. The molecule has 0 fully saturated rings. The molecule has 0 atom stereocenters. The van der Waals surface area contributed by atoms with Crippen LogP contribution in [0.3, 0.4) is 0 Å². The van der Waals surface area contributed by atoms with E-state index in [1.54, 1.807) is 0 Å². The maximum Gasteiger partial charge on any atom is 0.360 e. The van der Waals surface area contributed by atoms with Crippen molar-refractivity contribution < 1.29 is 9.53 Å². The number of aromatic nitrogens is 3. The SMILES string of the molecule is CCCCOC(=O)c1cn[nH]n1. The highest BCUT2D eigenvalue weighted by Crippen LogP contribution is 1.95. The lowest BCUT2D eigenvalue weighted by Gasteiger charge is -1.99. The molecular formula is C7H11N3O2. The molecule has 1 N–H and O–H groups in total. The van der Waals surface area contributed by atoms with E-state index in [0.29, 0.717) is 6.61 Å². The van der Waals surface area contributed by atoms with Crippen LogP contribution in [0.4, 0.5) is 0 Å². The van der Waals surface area contributed by atoms with Crippen LogP contribution in [0, 0.1) is 0 Å². The number of unbranched alkanes of at least 4 members (excludes halogenated alkanes) is 1. The summed E-state index contributed by atoms with van der Waals surface area (Å²) in [6.07, 6.45) is 3.23. The number of H-pyrrole nitrogens is 1. The quantitative estimate of drug-likeness (QED) is 0.533. The van der Waals surface area contributed by atoms with E-state index in [2.05, 4.69) is 15.4 Å². The Morgan fingerprint density at radius 3 is 3.17 bits per heavy atom. The normalized spacial score (nSPS) is 9.75. The van der Waals surface area contributed by atoms with Gasteiger partial charge < -0.3 is 4.74 Å². The highest BCUT2D eigenvalue weighted by Gasteiger charge is 2.08. The van der Waals surface area contributed by atoms with Crippen LogP contribution in [-0.2, 0) is 4.74 Å². The lowest BCUT2D eigenvalue weighted by Crippen LogP contribution is -2.06. The highest BCUT2D eigenvalue weighted by atomic mass is 16.5. The molecule has 0 saturated carbocycles. The van der Waals surface area contributed by atoms with E-state index in [-0.39, 0.29) is 5.69 Å². The van der Waals surface area contributed by atoms with Gasteiger partial charge >= 0.3 is 5.97 Å². The zero-order chi connectivity index (χ0) is 8.81. The summed E-state index contributed by atoms with van der Waals surface area (Å²) in [7, 11) is 0. The van der Waals surface area contributed by atoms with Crippen molar-refractivity contribution in [2.24, 2.45) is 0 Å². The van der Waals surface area contributed by atoms with Crippen LogP contribution in [-0.4, -0.2) is 28.0 Å². The Bertz CT molecular complexity index is 233. The summed E-state index contributed by atoms with van der Waals surface area (Å²) in [5.41, 5.74) is 0.228. The number of rotatable bonds is 4. The second kappa shape index (κ2) is 4.48. The maximum atomic E-state index is 11.0. The van der Waals surface area contributed by atoms with E-state index in [9.17, 15) is 4.79 Å². The first-order valence-electron chi connectivity index (χ1n) is 3.87. The van der Waals surface area contributed by atoms with Crippen molar-refractivity contribution in [3.8, 4) is 0 Å². The first-order valence-corrected chi connectivity index (χ1v) is 3.87. The molecule has 0 amide bonds. The first kappa shape index (κ1) is 8.70. The second-order valence-corrected chi connectivity index (χ2v) is 2.34. The molecule has 66 valence electrons. The van der Waals surface area contributed by atoms with Gasteiger partial charge in [-0.05, 0) is 6.42 Å². The number of carbonyl (C=O) groups excluding carboxylic acids is 1. The summed E-state index contributed by atoms with van der Waals surface area (Å²) in [5.74, 6) is -0.419. The number of carbonyl (C=O) groups is 1. The fourth-order valence-electron chi connectivity index (χ4n) is 0.683. The van der Waals surface area contributed by atoms with Gasteiger partial charge in [-0.25, -0.2) is 4.79 Å². The topological polar surface area (TPSA) is 67.9 Å². The summed E-state index contributed by atoms with van der Waals surface area (Å²) in [6, 6.07) is 0. The number of esters is 1. The molecule has 5 nitrogen and oxygen atoms in total.